The molecule has 6 rings (SSSR count). The van der Waals surface area contributed by atoms with Crippen LogP contribution in [0.15, 0.2) is 97.1 Å². The molecule has 0 unspecified atom stereocenters. The van der Waals surface area contributed by atoms with Gasteiger partial charge in [-0.2, -0.15) is 0 Å². The second-order valence-corrected chi connectivity index (χ2v) is 12.3. The Morgan fingerprint density at radius 3 is 1.42 bits per heavy atom. The van der Waals surface area contributed by atoms with Crippen molar-refractivity contribution in [2.45, 2.75) is 37.9 Å². The number of piperidine rings is 2. The number of halogens is 2. The fraction of sp³-hybridized carbons (Fsp3) is 0.297. The summed E-state index contributed by atoms with van der Waals surface area (Å²) in [6.45, 7) is 3.62. The molecule has 4 aromatic carbocycles. The van der Waals surface area contributed by atoms with E-state index in [1.165, 1.54) is 7.11 Å². The lowest BCUT2D eigenvalue weighted by atomic mass is 10.1. The van der Waals surface area contributed by atoms with E-state index >= 15 is 0 Å². The molecule has 2 aliphatic heterocycles. The molecule has 0 atom stereocenters. The number of hydrogen-bond donors (Lipinski definition) is 2. The maximum atomic E-state index is 11.5. The Morgan fingerprint density at radius 1 is 0.646 bits per heavy atom. The number of carbonyl (C=O) groups excluding carboxylic acids is 2. The van der Waals surface area contributed by atoms with Gasteiger partial charge in [-0.15, -0.1) is 0 Å². The van der Waals surface area contributed by atoms with E-state index in [4.69, 9.17) is 43.3 Å². The summed E-state index contributed by atoms with van der Waals surface area (Å²) in [5.74, 6) is 6.04. The Bertz CT molecular complexity index is 1520. The number of esters is 1. The van der Waals surface area contributed by atoms with E-state index in [1.54, 1.807) is 24.3 Å². The minimum absolute atomic E-state index is 0.170. The quantitative estimate of drug-likeness (QED) is 0.0868. The van der Waals surface area contributed by atoms with Crippen LogP contribution in [0.4, 0.5) is 11.4 Å². The Kier molecular flexibility index (Phi) is 12.4. The van der Waals surface area contributed by atoms with Gasteiger partial charge in [0.1, 0.15) is 23.7 Å². The number of nitrogens with one attached hydrogen (secondary N) is 1. The first-order valence-corrected chi connectivity index (χ1v) is 16.7. The normalized spacial score (nSPS) is 15.2. The summed E-state index contributed by atoms with van der Waals surface area (Å²) in [4.78, 5) is 27.5. The number of para-hydroxylation sites is 2. The Hall–Kier alpha value is -4.44. The third-order valence-corrected chi connectivity index (χ3v) is 9.05. The molecule has 9 nitrogen and oxygen atoms in total. The average molecular weight is 692 g/mol. The van der Waals surface area contributed by atoms with E-state index in [1.807, 2.05) is 72.8 Å². The summed E-state index contributed by atoms with van der Waals surface area (Å²) in [7, 11) is 1.39. The molecule has 0 bridgehead atoms. The molecule has 2 saturated heterocycles. The molecule has 4 aromatic rings. The highest BCUT2D eigenvalue weighted by atomic mass is 35.5. The van der Waals surface area contributed by atoms with Crippen LogP contribution in [-0.4, -0.2) is 57.4 Å². The molecular formula is C37H40Cl2N4O5. The third kappa shape index (κ3) is 9.34. The monoisotopic (exact) mass is 690 g/mol. The van der Waals surface area contributed by atoms with Crippen LogP contribution in [0.25, 0.3) is 0 Å². The Balaban J connectivity index is 0.000000188. The van der Waals surface area contributed by atoms with Crippen molar-refractivity contribution in [3.63, 3.8) is 0 Å². The van der Waals surface area contributed by atoms with Crippen molar-refractivity contribution in [2.75, 3.05) is 43.1 Å². The van der Waals surface area contributed by atoms with Crippen LogP contribution in [0.2, 0.25) is 10.0 Å². The van der Waals surface area contributed by atoms with Crippen molar-refractivity contribution >= 4 is 46.5 Å². The number of rotatable bonds is 8. The van der Waals surface area contributed by atoms with Crippen LogP contribution in [0, 0.1) is 0 Å². The lowest BCUT2D eigenvalue weighted by Gasteiger charge is -2.34. The zero-order valence-electron chi connectivity index (χ0n) is 26.8. The van der Waals surface area contributed by atoms with E-state index in [-0.39, 0.29) is 24.1 Å². The number of hydrogen-bond acceptors (Lipinski definition) is 8. The number of nitrogens with zero attached hydrogens (tertiary/aromatic N) is 2. The topological polar surface area (TPSA) is 106 Å². The first kappa shape index (κ1) is 34.9. The number of hydrazine groups is 1. The van der Waals surface area contributed by atoms with Crippen LogP contribution in [0.5, 0.6) is 11.5 Å². The van der Waals surface area contributed by atoms with Crippen LogP contribution in [0.1, 0.15) is 46.4 Å². The number of anilines is 2. The third-order valence-electron chi connectivity index (χ3n) is 8.42. The first-order valence-electron chi connectivity index (χ1n) is 16.0. The highest BCUT2D eigenvalue weighted by Crippen LogP contribution is 2.29. The standard InChI is InChI=1S/C19H20ClNO3.C18H20ClN3O2/c1-23-19(22)14-6-8-15(9-7-14)21-12-10-16(11-13-21)24-18-5-3-2-4-17(18)20;19-16-3-1-2-4-17(16)24-15-9-11-22(12-10-15)14-7-5-13(6-8-14)18(23)21-20/h2-9,16H,10-13H2,1H3;1-8,15H,9-12,20H2,(H,21,23). The van der Waals surface area contributed by atoms with Crippen LogP contribution in [0.3, 0.4) is 0 Å². The molecule has 48 heavy (non-hydrogen) atoms. The first-order chi connectivity index (χ1) is 23.3. The lowest BCUT2D eigenvalue weighted by molar-refractivity contribution is 0.0600. The Morgan fingerprint density at radius 2 is 1.04 bits per heavy atom. The number of ether oxygens (including phenoxy) is 3. The van der Waals surface area contributed by atoms with Crippen LogP contribution in [-0.2, 0) is 4.74 Å². The number of amides is 1. The molecule has 1 amide bonds. The van der Waals surface area contributed by atoms with Crippen molar-refractivity contribution in [3.05, 3.63) is 118 Å². The van der Waals surface area contributed by atoms with Gasteiger partial charge in [-0.3, -0.25) is 10.2 Å². The predicted octanol–water partition coefficient (Wildman–Crippen LogP) is 7.17. The van der Waals surface area contributed by atoms with Crippen molar-refractivity contribution < 1.29 is 23.8 Å². The van der Waals surface area contributed by atoms with Gasteiger partial charge >= 0.3 is 5.97 Å². The van der Waals surface area contributed by atoms with Crippen LogP contribution >= 0.6 is 23.2 Å². The highest BCUT2D eigenvalue weighted by Gasteiger charge is 2.23. The number of nitrogen functional groups attached to an aromatic ring is 1. The molecule has 3 N–H and O–H groups in total. The zero-order valence-corrected chi connectivity index (χ0v) is 28.3. The van der Waals surface area contributed by atoms with E-state index in [0.717, 1.165) is 74.7 Å². The highest BCUT2D eigenvalue weighted by molar-refractivity contribution is 6.32. The molecule has 0 radical (unpaired) electrons. The Labute approximate surface area is 291 Å². The number of carbonyl (C=O) groups is 2. The molecule has 0 aliphatic carbocycles. The summed E-state index contributed by atoms with van der Waals surface area (Å²) in [5.41, 5.74) is 5.46. The largest absolute Gasteiger partial charge is 0.489 e. The lowest BCUT2D eigenvalue weighted by Crippen LogP contribution is -2.38. The number of benzene rings is 4. The van der Waals surface area contributed by atoms with Gasteiger partial charge in [0.2, 0.25) is 0 Å². The summed E-state index contributed by atoms with van der Waals surface area (Å²) in [6, 6.07) is 30.1. The molecular weight excluding hydrogens is 651 g/mol. The zero-order chi connectivity index (χ0) is 33.9. The summed E-state index contributed by atoms with van der Waals surface area (Å²) >= 11 is 12.3. The predicted molar refractivity (Wildman–Crippen MR) is 191 cm³/mol. The van der Waals surface area contributed by atoms with Gasteiger partial charge in [0.25, 0.3) is 5.91 Å². The molecule has 2 heterocycles. The van der Waals surface area contributed by atoms with Gasteiger partial charge in [0, 0.05) is 68.8 Å². The summed E-state index contributed by atoms with van der Waals surface area (Å²) < 4.78 is 16.7. The SMILES string of the molecule is COC(=O)c1ccc(N2CCC(Oc3ccccc3Cl)CC2)cc1.NNC(=O)c1ccc(N2CCC(Oc3ccccc3Cl)CC2)cc1. The maximum absolute atomic E-state index is 11.5. The van der Waals surface area contributed by atoms with Crippen LogP contribution < -0.4 is 30.5 Å². The minimum Gasteiger partial charge on any atom is -0.489 e. The molecule has 11 heteroatoms. The van der Waals surface area contributed by atoms with Gasteiger partial charge in [0.15, 0.2) is 0 Å². The average Bonchev–Trinajstić information content (AvgIpc) is 3.14. The smallest absolute Gasteiger partial charge is 0.337 e. The number of nitrogens with two attached hydrogens (primary N) is 1. The number of methoxy groups -OCH3 is 1. The molecule has 2 fully saturated rings. The molecule has 0 spiro atoms. The maximum Gasteiger partial charge on any atom is 0.337 e. The molecule has 0 saturated carbocycles. The minimum atomic E-state index is -0.312. The second kappa shape index (κ2) is 17.1. The molecule has 252 valence electrons. The summed E-state index contributed by atoms with van der Waals surface area (Å²) in [6.07, 6.45) is 4.07. The van der Waals surface area contributed by atoms with Crippen molar-refractivity contribution in [2.24, 2.45) is 5.84 Å². The van der Waals surface area contributed by atoms with Crippen molar-refractivity contribution in [1.29, 1.82) is 0 Å². The van der Waals surface area contributed by atoms with Gasteiger partial charge in [-0.1, -0.05) is 47.5 Å². The second-order valence-electron chi connectivity index (χ2n) is 11.5. The molecule has 0 aromatic heterocycles. The van der Waals surface area contributed by atoms with Gasteiger partial charge in [-0.05, 0) is 72.8 Å². The van der Waals surface area contributed by atoms with Gasteiger partial charge < -0.3 is 24.0 Å². The van der Waals surface area contributed by atoms with Gasteiger partial charge in [-0.25, -0.2) is 10.6 Å². The van der Waals surface area contributed by atoms with Crippen molar-refractivity contribution in [1.82, 2.24) is 5.43 Å². The fourth-order valence-electron chi connectivity index (χ4n) is 5.74. The fourth-order valence-corrected chi connectivity index (χ4v) is 6.10. The van der Waals surface area contributed by atoms with Crippen molar-refractivity contribution in [3.8, 4) is 11.5 Å². The van der Waals surface area contributed by atoms with Gasteiger partial charge in [0.05, 0.1) is 22.7 Å². The van der Waals surface area contributed by atoms with E-state index < -0.39 is 0 Å². The summed E-state index contributed by atoms with van der Waals surface area (Å²) in [5, 5.41) is 1.30. The van der Waals surface area contributed by atoms with E-state index in [2.05, 4.69) is 15.2 Å². The molecule has 2 aliphatic rings. The van der Waals surface area contributed by atoms with E-state index in [9.17, 15) is 9.59 Å². The van der Waals surface area contributed by atoms with E-state index in [0.29, 0.717) is 21.2 Å².